The number of nitrogens with one attached hydrogen (secondary N) is 1. The Hall–Kier alpha value is -0.290. The van der Waals surface area contributed by atoms with Crippen LogP contribution in [0.5, 0.6) is 0 Å². The van der Waals surface area contributed by atoms with E-state index in [0.717, 1.165) is 19.4 Å². The van der Waals surface area contributed by atoms with Gasteiger partial charge in [-0.2, -0.15) is 13.2 Å². The molecule has 2 nitrogen and oxygen atoms in total. The third-order valence-corrected chi connectivity index (χ3v) is 3.30. The van der Waals surface area contributed by atoms with Crippen molar-refractivity contribution in [2.24, 2.45) is 0 Å². The molecule has 1 aliphatic rings. The minimum atomic E-state index is -4.10. The lowest BCUT2D eigenvalue weighted by molar-refractivity contribution is -0.124. The predicted molar refractivity (Wildman–Crippen MR) is 58.4 cm³/mol. The highest BCUT2D eigenvalue weighted by Gasteiger charge is 2.29. The first-order chi connectivity index (χ1) is 7.44. The molecule has 0 aromatic carbocycles. The summed E-state index contributed by atoms with van der Waals surface area (Å²) in [6, 6.07) is 1.07. The smallest absolute Gasteiger partial charge is 0.307 e. The third-order valence-electron chi connectivity index (χ3n) is 3.30. The molecule has 5 heteroatoms. The molecule has 2 atom stereocenters. The average Bonchev–Trinajstić information content (AvgIpc) is 2.53. The normalized spacial score (nSPS) is 27.6. The van der Waals surface area contributed by atoms with Gasteiger partial charge in [-0.25, -0.2) is 0 Å². The summed E-state index contributed by atoms with van der Waals surface area (Å²) in [4.78, 5) is 2.32. The van der Waals surface area contributed by atoms with Crippen LogP contribution in [0.3, 0.4) is 0 Å². The quantitative estimate of drug-likeness (QED) is 0.740. The van der Waals surface area contributed by atoms with E-state index in [-0.39, 0.29) is 0 Å². The van der Waals surface area contributed by atoms with Crippen LogP contribution >= 0.6 is 0 Å². The van der Waals surface area contributed by atoms with E-state index in [0.29, 0.717) is 18.6 Å². The number of halogens is 3. The maximum Gasteiger partial charge on any atom is 0.401 e. The van der Waals surface area contributed by atoms with E-state index in [1.165, 1.54) is 6.42 Å². The van der Waals surface area contributed by atoms with Crippen molar-refractivity contribution in [2.75, 3.05) is 19.6 Å². The zero-order chi connectivity index (χ0) is 12.2. The Morgan fingerprint density at radius 1 is 1.31 bits per heavy atom. The molecule has 0 radical (unpaired) electrons. The lowest BCUT2D eigenvalue weighted by Gasteiger charge is -2.27. The Balaban J connectivity index is 2.21. The van der Waals surface area contributed by atoms with Crippen molar-refractivity contribution in [3.05, 3.63) is 0 Å². The van der Waals surface area contributed by atoms with Crippen molar-refractivity contribution in [3.8, 4) is 0 Å². The van der Waals surface area contributed by atoms with E-state index in [4.69, 9.17) is 0 Å². The summed E-state index contributed by atoms with van der Waals surface area (Å²) in [6.07, 6.45) is -0.668. The Labute approximate surface area is 95.2 Å². The Morgan fingerprint density at radius 2 is 2.00 bits per heavy atom. The average molecular weight is 238 g/mol. The van der Waals surface area contributed by atoms with Gasteiger partial charge in [0.1, 0.15) is 0 Å². The van der Waals surface area contributed by atoms with Gasteiger partial charge in [0.15, 0.2) is 0 Å². The summed E-state index contributed by atoms with van der Waals surface area (Å²) in [5.74, 6) is 0. The summed E-state index contributed by atoms with van der Waals surface area (Å²) < 4.78 is 35.7. The van der Waals surface area contributed by atoms with Crippen molar-refractivity contribution >= 4 is 0 Å². The molecule has 1 saturated heterocycles. The van der Waals surface area contributed by atoms with Gasteiger partial charge in [-0.05, 0) is 26.2 Å². The van der Waals surface area contributed by atoms with Crippen LogP contribution in [0, 0.1) is 0 Å². The molecule has 0 aromatic heterocycles. The summed E-state index contributed by atoms with van der Waals surface area (Å²) in [7, 11) is 0. The zero-order valence-electron chi connectivity index (χ0n) is 9.98. The highest BCUT2D eigenvalue weighted by atomic mass is 19.4. The van der Waals surface area contributed by atoms with Crippen molar-refractivity contribution in [1.29, 1.82) is 0 Å². The Bertz CT molecular complexity index is 206. The van der Waals surface area contributed by atoms with Crippen molar-refractivity contribution in [3.63, 3.8) is 0 Å². The lowest BCUT2D eigenvalue weighted by Crippen LogP contribution is -2.41. The largest absolute Gasteiger partial charge is 0.401 e. The van der Waals surface area contributed by atoms with Crippen molar-refractivity contribution in [1.82, 2.24) is 10.2 Å². The van der Waals surface area contributed by atoms with E-state index in [2.05, 4.69) is 24.1 Å². The third kappa shape index (κ3) is 4.29. The molecule has 1 heterocycles. The monoisotopic (exact) mass is 238 g/mol. The fourth-order valence-electron chi connectivity index (χ4n) is 2.40. The fourth-order valence-corrected chi connectivity index (χ4v) is 2.40. The van der Waals surface area contributed by atoms with E-state index >= 15 is 0 Å². The molecule has 0 amide bonds. The summed E-state index contributed by atoms with van der Waals surface area (Å²) >= 11 is 0. The first-order valence-electron chi connectivity index (χ1n) is 5.97. The molecular formula is C11H21F3N2. The minimum Gasteiger partial charge on any atom is -0.307 e. The van der Waals surface area contributed by atoms with Gasteiger partial charge in [0.05, 0.1) is 6.54 Å². The fraction of sp³-hybridized carbons (Fsp3) is 1.00. The lowest BCUT2D eigenvalue weighted by atomic mass is 10.1. The van der Waals surface area contributed by atoms with Gasteiger partial charge in [-0.3, -0.25) is 4.90 Å². The van der Waals surface area contributed by atoms with Gasteiger partial charge >= 0.3 is 6.18 Å². The van der Waals surface area contributed by atoms with Gasteiger partial charge in [0, 0.05) is 25.2 Å². The van der Waals surface area contributed by atoms with Gasteiger partial charge in [-0.15, -0.1) is 0 Å². The van der Waals surface area contributed by atoms with Crippen molar-refractivity contribution in [2.45, 2.75) is 51.4 Å². The van der Waals surface area contributed by atoms with Crippen LogP contribution in [-0.2, 0) is 0 Å². The number of likely N-dealkylation sites (tertiary alicyclic amines) is 1. The van der Waals surface area contributed by atoms with Gasteiger partial charge in [0.25, 0.3) is 0 Å². The minimum absolute atomic E-state index is 0.417. The van der Waals surface area contributed by atoms with E-state index in [1.54, 1.807) is 0 Å². The second-order valence-corrected chi connectivity index (χ2v) is 4.52. The SMILES string of the molecule is CCC1CCC(C)N1CCNCC(F)(F)F. The standard InChI is InChI=1S/C11H21F3N2/c1-3-10-5-4-9(2)16(10)7-6-15-8-11(12,13)14/h9-10,15H,3-8H2,1-2H3. The molecule has 1 aliphatic heterocycles. The molecule has 1 fully saturated rings. The van der Waals surface area contributed by atoms with Gasteiger partial charge < -0.3 is 5.32 Å². The molecule has 16 heavy (non-hydrogen) atoms. The molecular weight excluding hydrogens is 217 g/mol. The van der Waals surface area contributed by atoms with Crippen LogP contribution in [0.2, 0.25) is 0 Å². The maximum atomic E-state index is 11.9. The molecule has 0 aromatic rings. The molecule has 96 valence electrons. The first kappa shape index (κ1) is 13.8. The highest BCUT2D eigenvalue weighted by Crippen LogP contribution is 2.25. The molecule has 1 N–H and O–H groups in total. The Kier molecular flexibility index (Phi) is 5.05. The van der Waals surface area contributed by atoms with Crippen LogP contribution in [-0.4, -0.2) is 42.8 Å². The Morgan fingerprint density at radius 3 is 2.56 bits per heavy atom. The second kappa shape index (κ2) is 5.87. The summed E-state index contributed by atoms with van der Waals surface area (Å²) in [6.45, 7) is 4.54. The second-order valence-electron chi connectivity index (χ2n) is 4.52. The van der Waals surface area contributed by atoms with Crippen LogP contribution in [0.25, 0.3) is 0 Å². The van der Waals surface area contributed by atoms with Crippen LogP contribution in [0.1, 0.15) is 33.1 Å². The van der Waals surface area contributed by atoms with Gasteiger partial charge in [-0.1, -0.05) is 6.92 Å². The van der Waals surface area contributed by atoms with E-state index in [1.807, 2.05) is 0 Å². The van der Waals surface area contributed by atoms with Crippen LogP contribution < -0.4 is 5.32 Å². The number of hydrogen-bond donors (Lipinski definition) is 1. The van der Waals surface area contributed by atoms with Crippen LogP contribution in [0.4, 0.5) is 13.2 Å². The van der Waals surface area contributed by atoms with E-state index < -0.39 is 12.7 Å². The summed E-state index contributed by atoms with van der Waals surface area (Å²) in [5.41, 5.74) is 0. The molecule has 0 spiro atoms. The maximum absolute atomic E-state index is 11.9. The van der Waals surface area contributed by atoms with E-state index in [9.17, 15) is 13.2 Å². The number of alkyl halides is 3. The predicted octanol–water partition coefficient (Wildman–Crippen LogP) is 2.40. The zero-order valence-corrected chi connectivity index (χ0v) is 9.98. The topological polar surface area (TPSA) is 15.3 Å². The molecule has 1 rings (SSSR count). The molecule has 0 saturated carbocycles. The molecule has 2 unspecified atom stereocenters. The molecule has 0 aliphatic carbocycles. The number of nitrogens with zero attached hydrogens (tertiary/aromatic N) is 1. The molecule has 0 bridgehead atoms. The summed E-state index contributed by atoms with van der Waals surface area (Å²) in [5, 5.41) is 2.45. The van der Waals surface area contributed by atoms with Crippen molar-refractivity contribution < 1.29 is 13.2 Å². The number of hydrogen-bond acceptors (Lipinski definition) is 2. The highest BCUT2D eigenvalue weighted by molar-refractivity contribution is 4.84. The van der Waals surface area contributed by atoms with Gasteiger partial charge in [0.2, 0.25) is 0 Å². The first-order valence-corrected chi connectivity index (χ1v) is 5.97. The number of rotatable bonds is 5. The van der Waals surface area contributed by atoms with Crippen LogP contribution in [0.15, 0.2) is 0 Å².